The van der Waals surface area contributed by atoms with Gasteiger partial charge in [-0.25, -0.2) is 0 Å². The van der Waals surface area contributed by atoms with Crippen LogP contribution in [-0.2, 0) is 0 Å². The standard InChI is InChI=1S/C15H12Cl2F3NO2.ClH/c16-11-3-1-9(7-12(11)17)10-2-4-13(23-15(18,19)20)14(8-10)22-6-5-21;/h1-4,7-8H,5-6,21H2;1H. The quantitative estimate of drug-likeness (QED) is 0.736. The van der Waals surface area contributed by atoms with E-state index < -0.39 is 12.1 Å². The minimum absolute atomic E-state index is 0. The summed E-state index contributed by atoms with van der Waals surface area (Å²) >= 11 is 11.8. The number of rotatable bonds is 5. The van der Waals surface area contributed by atoms with E-state index in [0.717, 1.165) is 0 Å². The molecule has 2 N–H and O–H groups in total. The van der Waals surface area contributed by atoms with Gasteiger partial charge in [0.05, 0.1) is 10.0 Å². The zero-order chi connectivity index (χ0) is 17.0. The highest BCUT2D eigenvalue weighted by atomic mass is 35.5. The molecule has 0 spiro atoms. The van der Waals surface area contributed by atoms with Crippen molar-refractivity contribution >= 4 is 35.6 Å². The van der Waals surface area contributed by atoms with Gasteiger partial charge in [-0.15, -0.1) is 25.6 Å². The third-order valence-corrected chi connectivity index (χ3v) is 3.54. The summed E-state index contributed by atoms with van der Waals surface area (Å²) in [7, 11) is 0. The molecule has 3 nitrogen and oxygen atoms in total. The molecule has 0 aliphatic rings. The van der Waals surface area contributed by atoms with Crippen molar-refractivity contribution in [3.05, 3.63) is 46.4 Å². The first-order valence-corrected chi connectivity index (χ1v) is 7.24. The second-order valence-corrected chi connectivity index (χ2v) is 5.29. The number of hydrogen-bond donors (Lipinski definition) is 1. The third-order valence-electron chi connectivity index (χ3n) is 2.80. The van der Waals surface area contributed by atoms with Gasteiger partial charge in [0.1, 0.15) is 6.61 Å². The Balaban J connectivity index is 0.00000288. The number of alkyl halides is 3. The highest BCUT2D eigenvalue weighted by Gasteiger charge is 2.32. The molecule has 0 aliphatic carbocycles. The van der Waals surface area contributed by atoms with Crippen molar-refractivity contribution in [3.63, 3.8) is 0 Å². The first-order valence-electron chi connectivity index (χ1n) is 6.48. The first kappa shape index (κ1) is 20.7. The molecular weight excluding hydrogens is 390 g/mol. The molecule has 0 radical (unpaired) electrons. The number of nitrogens with two attached hydrogens (primary N) is 1. The number of hydrogen-bond acceptors (Lipinski definition) is 3. The molecule has 0 aliphatic heterocycles. The molecule has 132 valence electrons. The average molecular weight is 403 g/mol. The summed E-state index contributed by atoms with van der Waals surface area (Å²) in [6.07, 6.45) is -4.81. The van der Waals surface area contributed by atoms with Gasteiger partial charge in [0.2, 0.25) is 0 Å². The normalized spacial score (nSPS) is 10.9. The van der Waals surface area contributed by atoms with Crippen molar-refractivity contribution in [1.29, 1.82) is 0 Å². The van der Waals surface area contributed by atoms with Crippen LogP contribution in [0, 0.1) is 0 Å². The van der Waals surface area contributed by atoms with Gasteiger partial charge in [-0.2, -0.15) is 0 Å². The van der Waals surface area contributed by atoms with Crippen molar-refractivity contribution < 1.29 is 22.6 Å². The van der Waals surface area contributed by atoms with Gasteiger partial charge in [0.25, 0.3) is 0 Å². The molecule has 0 aromatic heterocycles. The maximum Gasteiger partial charge on any atom is 0.573 e. The van der Waals surface area contributed by atoms with E-state index in [9.17, 15) is 13.2 Å². The Labute approximate surface area is 152 Å². The summed E-state index contributed by atoms with van der Waals surface area (Å²) in [6.45, 7) is 0.210. The third kappa shape index (κ3) is 5.63. The number of halogens is 6. The molecule has 0 bridgehead atoms. The topological polar surface area (TPSA) is 44.5 Å². The summed E-state index contributed by atoms with van der Waals surface area (Å²) in [5.74, 6) is -0.494. The largest absolute Gasteiger partial charge is 0.573 e. The highest BCUT2D eigenvalue weighted by molar-refractivity contribution is 6.42. The lowest BCUT2D eigenvalue weighted by Crippen LogP contribution is -2.18. The fourth-order valence-electron chi connectivity index (χ4n) is 1.85. The molecule has 9 heteroatoms. The van der Waals surface area contributed by atoms with Crippen LogP contribution in [0.5, 0.6) is 11.5 Å². The fraction of sp³-hybridized carbons (Fsp3) is 0.200. The Bertz CT molecular complexity index is 696. The summed E-state index contributed by atoms with van der Waals surface area (Å²) < 4.78 is 46.5. The average Bonchev–Trinajstić information content (AvgIpc) is 2.47. The predicted molar refractivity (Wildman–Crippen MR) is 90.4 cm³/mol. The smallest absolute Gasteiger partial charge is 0.488 e. The monoisotopic (exact) mass is 401 g/mol. The van der Waals surface area contributed by atoms with Gasteiger partial charge in [0, 0.05) is 6.54 Å². The van der Waals surface area contributed by atoms with Crippen LogP contribution in [0.1, 0.15) is 0 Å². The summed E-state index contributed by atoms with van der Waals surface area (Å²) in [5.41, 5.74) is 6.60. The van der Waals surface area contributed by atoms with Gasteiger partial charge in [-0.3, -0.25) is 0 Å². The Morgan fingerprint density at radius 3 is 2.12 bits per heavy atom. The second kappa shape index (κ2) is 8.67. The molecule has 0 fully saturated rings. The van der Waals surface area contributed by atoms with Gasteiger partial charge in [-0.05, 0) is 35.4 Å². The highest BCUT2D eigenvalue weighted by Crippen LogP contribution is 2.37. The van der Waals surface area contributed by atoms with Crippen LogP contribution < -0.4 is 15.2 Å². The Morgan fingerprint density at radius 1 is 0.917 bits per heavy atom. The first-order chi connectivity index (χ1) is 10.8. The van der Waals surface area contributed by atoms with Crippen LogP contribution in [0.25, 0.3) is 11.1 Å². The molecule has 24 heavy (non-hydrogen) atoms. The molecule has 2 aromatic carbocycles. The SMILES string of the molecule is Cl.NCCOc1cc(-c2ccc(Cl)c(Cl)c2)ccc1OC(F)(F)F. The summed E-state index contributed by atoms with van der Waals surface area (Å²) in [4.78, 5) is 0. The molecule has 2 rings (SSSR count). The van der Waals surface area contributed by atoms with E-state index in [-0.39, 0.29) is 31.3 Å². The van der Waals surface area contributed by atoms with E-state index in [1.54, 1.807) is 18.2 Å². The number of benzene rings is 2. The minimum atomic E-state index is -4.81. The molecule has 0 heterocycles. The maximum absolute atomic E-state index is 12.4. The zero-order valence-corrected chi connectivity index (χ0v) is 14.4. The fourth-order valence-corrected chi connectivity index (χ4v) is 2.15. The molecule has 0 unspecified atom stereocenters. The second-order valence-electron chi connectivity index (χ2n) is 4.48. The molecule has 0 atom stereocenters. The lowest BCUT2D eigenvalue weighted by molar-refractivity contribution is -0.275. The Hall–Kier alpha value is -1.34. The van der Waals surface area contributed by atoms with Crippen LogP contribution >= 0.6 is 35.6 Å². The molecule has 2 aromatic rings. The molecule has 0 saturated carbocycles. The van der Waals surface area contributed by atoms with E-state index >= 15 is 0 Å². The van der Waals surface area contributed by atoms with Gasteiger partial charge >= 0.3 is 6.36 Å². The van der Waals surface area contributed by atoms with E-state index in [4.69, 9.17) is 33.7 Å². The minimum Gasteiger partial charge on any atom is -0.488 e. The van der Waals surface area contributed by atoms with E-state index in [1.807, 2.05) is 0 Å². The lowest BCUT2D eigenvalue weighted by Gasteiger charge is -2.15. The predicted octanol–water partition coefficient (Wildman–Crippen LogP) is 5.32. The van der Waals surface area contributed by atoms with Crippen LogP contribution in [0.15, 0.2) is 36.4 Å². The van der Waals surface area contributed by atoms with Crippen molar-refractivity contribution in [3.8, 4) is 22.6 Å². The van der Waals surface area contributed by atoms with Gasteiger partial charge in [-0.1, -0.05) is 35.3 Å². The van der Waals surface area contributed by atoms with Crippen LogP contribution in [0.2, 0.25) is 10.0 Å². The summed E-state index contributed by atoms with van der Waals surface area (Å²) in [5, 5.41) is 0.719. The van der Waals surface area contributed by atoms with Crippen molar-refractivity contribution in [2.24, 2.45) is 5.73 Å². The van der Waals surface area contributed by atoms with Gasteiger partial charge in [0.15, 0.2) is 11.5 Å². The maximum atomic E-state index is 12.4. The van der Waals surface area contributed by atoms with Crippen molar-refractivity contribution in [1.82, 2.24) is 0 Å². The molecular formula is C15H13Cl3F3NO2. The van der Waals surface area contributed by atoms with Crippen molar-refractivity contribution in [2.75, 3.05) is 13.2 Å². The van der Waals surface area contributed by atoms with E-state index in [0.29, 0.717) is 21.2 Å². The summed E-state index contributed by atoms with van der Waals surface area (Å²) in [6, 6.07) is 8.97. The van der Waals surface area contributed by atoms with Crippen molar-refractivity contribution in [2.45, 2.75) is 6.36 Å². The van der Waals surface area contributed by atoms with E-state index in [1.165, 1.54) is 18.2 Å². The lowest BCUT2D eigenvalue weighted by atomic mass is 10.1. The van der Waals surface area contributed by atoms with E-state index in [2.05, 4.69) is 4.74 Å². The zero-order valence-electron chi connectivity index (χ0n) is 12.1. The number of ether oxygens (including phenoxy) is 2. The molecule has 0 amide bonds. The molecule has 0 saturated heterocycles. The van der Waals surface area contributed by atoms with Crippen LogP contribution in [0.4, 0.5) is 13.2 Å². The van der Waals surface area contributed by atoms with Gasteiger partial charge < -0.3 is 15.2 Å². The van der Waals surface area contributed by atoms with Crippen LogP contribution in [-0.4, -0.2) is 19.5 Å². The Morgan fingerprint density at radius 2 is 1.54 bits per heavy atom. The Kier molecular flexibility index (Phi) is 7.48. The van der Waals surface area contributed by atoms with Crippen LogP contribution in [0.3, 0.4) is 0 Å².